The number of carbonyl (C=O) groups excluding carboxylic acids is 1. The highest BCUT2D eigenvalue weighted by Crippen LogP contribution is 2.27. The van der Waals surface area contributed by atoms with E-state index in [1.165, 1.54) is 11.6 Å². The molecule has 0 N–H and O–H groups in total. The van der Waals surface area contributed by atoms with Gasteiger partial charge in [0.1, 0.15) is 12.1 Å². The monoisotopic (exact) mass is 192 g/mol. The Morgan fingerprint density at radius 2 is 2.29 bits per heavy atom. The minimum atomic E-state index is -0.155. The van der Waals surface area contributed by atoms with E-state index in [0.717, 1.165) is 31.1 Å². The lowest BCUT2D eigenvalue weighted by molar-refractivity contribution is -0.108. The Morgan fingerprint density at radius 3 is 3.07 bits per heavy atom. The van der Waals surface area contributed by atoms with Crippen LogP contribution in [-0.4, -0.2) is 6.29 Å². The van der Waals surface area contributed by atoms with Gasteiger partial charge >= 0.3 is 0 Å². The fraction of sp³-hybridized carbons (Fsp3) is 0.417. The van der Waals surface area contributed by atoms with Crippen molar-refractivity contribution >= 4 is 6.29 Å². The molecule has 0 radical (unpaired) electrons. The van der Waals surface area contributed by atoms with Gasteiger partial charge in [-0.2, -0.15) is 0 Å². The Balaban J connectivity index is 2.18. The SMILES string of the molecule is O=CCC1CCc2cc(F)ccc2C1. The lowest BCUT2D eigenvalue weighted by Crippen LogP contribution is -2.14. The van der Waals surface area contributed by atoms with Crippen molar-refractivity contribution in [2.24, 2.45) is 5.92 Å². The number of benzene rings is 1. The van der Waals surface area contributed by atoms with Crippen LogP contribution in [0.2, 0.25) is 0 Å². The number of carbonyl (C=O) groups is 1. The van der Waals surface area contributed by atoms with Gasteiger partial charge in [0.25, 0.3) is 0 Å². The van der Waals surface area contributed by atoms with Gasteiger partial charge in [-0.3, -0.25) is 0 Å². The van der Waals surface area contributed by atoms with Gasteiger partial charge in [-0.25, -0.2) is 4.39 Å². The van der Waals surface area contributed by atoms with E-state index in [1.54, 1.807) is 6.07 Å². The summed E-state index contributed by atoms with van der Waals surface area (Å²) in [4.78, 5) is 10.4. The van der Waals surface area contributed by atoms with Gasteiger partial charge < -0.3 is 4.79 Å². The molecule has 1 atom stereocenters. The molecule has 0 aromatic heterocycles. The fourth-order valence-electron chi connectivity index (χ4n) is 2.14. The number of aryl methyl sites for hydroxylation is 1. The third-order valence-corrected chi connectivity index (χ3v) is 2.93. The first-order valence-electron chi connectivity index (χ1n) is 5.00. The number of halogens is 1. The second-order valence-corrected chi connectivity index (χ2v) is 3.92. The number of hydrogen-bond donors (Lipinski definition) is 0. The van der Waals surface area contributed by atoms with Crippen LogP contribution in [0.5, 0.6) is 0 Å². The van der Waals surface area contributed by atoms with Gasteiger partial charge in [-0.1, -0.05) is 6.07 Å². The van der Waals surface area contributed by atoms with E-state index >= 15 is 0 Å². The maximum Gasteiger partial charge on any atom is 0.123 e. The van der Waals surface area contributed by atoms with Crippen LogP contribution in [0.1, 0.15) is 24.0 Å². The summed E-state index contributed by atoms with van der Waals surface area (Å²) in [5, 5.41) is 0. The number of fused-ring (bicyclic) bond motifs is 1. The summed E-state index contributed by atoms with van der Waals surface area (Å²) in [6.07, 6.45) is 4.46. The Labute approximate surface area is 82.9 Å². The maximum absolute atomic E-state index is 12.9. The van der Waals surface area contributed by atoms with Crippen LogP contribution in [0.3, 0.4) is 0 Å². The average Bonchev–Trinajstić information content (AvgIpc) is 2.19. The van der Waals surface area contributed by atoms with E-state index < -0.39 is 0 Å². The highest BCUT2D eigenvalue weighted by molar-refractivity contribution is 5.50. The van der Waals surface area contributed by atoms with Crippen LogP contribution < -0.4 is 0 Å². The fourth-order valence-corrected chi connectivity index (χ4v) is 2.14. The molecule has 0 saturated carbocycles. The van der Waals surface area contributed by atoms with Gasteiger partial charge in [-0.15, -0.1) is 0 Å². The Hall–Kier alpha value is -1.18. The average molecular weight is 192 g/mol. The molecular formula is C12H13FO. The molecule has 1 aromatic carbocycles. The van der Waals surface area contributed by atoms with E-state index in [9.17, 15) is 9.18 Å². The minimum absolute atomic E-state index is 0.155. The van der Waals surface area contributed by atoms with Crippen LogP contribution in [0, 0.1) is 11.7 Å². The minimum Gasteiger partial charge on any atom is -0.303 e. The van der Waals surface area contributed by atoms with Crippen molar-refractivity contribution in [1.82, 2.24) is 0 Å². The smallest absolute Gasteiger partial charge is 0.123 e. The van der Waals surface area contributed by atoms with Crippen molar-refractivity contribution in [1.29, 1.82) is 0 Å². The quantitative estimate of drug-likeness (QED) is 0.658. The molecule has 1 aliphatic carbocycles. The van der Waals surface area contributed by atoms with Crippen LogP contribution in [-0.2, 0) is 17.6 Å². The van der Waals surface area contributed by atoms with Crippen molar-refractivity contribution < 1.29 is 9.18 Å². The highest BCUT2D eigenvalue weighted by atomic mass is 19.1. The normalized spacial score (nSPS) is 20.2. The van der Waals surface area contributed by atoms with E-state index in [0.29, 0.717) is 12.3 Å². The number of aldehydes is 1. The maximum atomic E-state index is 12.9. The zero-order chi connectivity index (χ0) is 9.97. The summed E-state index contributed by atoms with van der Waals surface area (Å²) in [6.45, 7) is 0. The second-order valence-electron chi connectivity index (χ2n) is 3.92. The van der Waals surface area contributed by atoms with E-state index in [2.05, 4.69) is 0 Å². The Morgan fingerprint density at radius 1 is 1.43 bits per heavy atom. The number of rotatable bonds is 2. The molecule has 2 rings (SSSR count). The molecule has 1 nitrogen and oxygen atoms in total. The molecule has 1 unspecified atom stereocenters. The second kappa shape index (κ2) is 3.91. The molecule has 0 fully saturated rings. The summed E-state index contributed by atoms with van der Waals surface area (Å²) in [7, 11) is 0. The summed E-state index contributed by atoms with van der Waals surface area (Å²) < 4.78 is 12.9. The lowest BCUT2D eigenvalue weighted by Gasteiger charge is -2.22. The predicted octanol–water partition coefficient (Wildman–Crippen LogP) is 2.52. The molecule has 1 aliphatic rings. The highest BCUT2D eigenvalue weighted by Gasteiger charge is 2.18. The van der Waals surface area contributed by atoms with E-state index in [4.69, 9.17) is 0 Å². The van der Waals surface area contributed by atoms with Gasteiger partial charge in [0.15, 0.2) is 0 Å². The largest absolute Gasteiger partial charge is 0.303 e. The third-order valence-electron chi connectivity index (χ3n) is 2.93. The molecule has 14 heavy (non-hydrogen) atoms. The zero-order valence-corrected chi connectivity index (χ0v) is 8.00. The summed E-state index contributed by atoms with van der Waals surface area (Å²) in [5.74, 6) is 0.308. The molecule has 0 bridgehead atoms. The lowest BCUT2D eigenvalue weighted by atomic mass is 9.82. The molecule has 0 heterocycles. The van der Waals surface area contributed by atoms with Crippen molar-refractivity contribution in [2.75, 3.05) is 0 Å². The van der Waals surface area contributed by atoms with Crippen LogP contribution in [0.25, 0.3) is 0 Å². The summed E-state index contributed by atoms with van der Waals surface area (Å²) in [5.41, 5.74) is 2.33. The molecule has 0 aliphatic heterocycles. The van der Waals surface area contributed by atoms with Crippen molar-refractivity contribution in [3.63, 3.8) is 0 Å². The first-order chi connectivity index (χ1) is 6.79. The van der Waals surface area contributed by atoms with Crippen LogP contribution in [0.4, 0.5) is 4.39 Å². The predicted molar refractivity (Wildman–Crippen MR) is 52.6 cm³/mol. The number of hydrogen-bond acceptors (Lipinski definition) is 1. The van der Waals surface area contributed by atoms with E-state index in [1.807, 2.05) is 6.07 Å². The zero-order valence-electron chi connectivity index (χ0n) is 8.00. The van der Waals surface area contributed by atoms with Crippen molar-refractivity contribution in [2.45, 2.75) is 25.7 Å². The van der Waals surface area contributed by atoms with E-state index in [-0.39, 0.29) is 5.82 Å². The topological polar surface area (TPSA) is 17.1 Å². The van der Waals surface area contributed by atoms with Gasteiger partial charge in [-0.05, 0) is 48.4 Å². The van der Waals surface area contributed by atoms with Crippen molar-refractivity contribution in [3.05, 3.63) is 35.1 Å². The van der Waals surface area contributed by atoms with Gasteiger partial charge in [0.05, 0.1) is 0 Å². The first kappa shape index (κ1) is 9.38. The molecule has 0 amide bonds. The molecule has 0 saturated heterocycles. The summed E-state index contributed by atoms with van der Waals surface area (Å²) >= 11 is 0. The van der Waals surface area contributed by atoms with Crippen LogP contribution in [0.15, 0.2) is 18.2 Å². The molecular weight excluding hydrogens is 179 g/mol. The van der Waals surface area contributed by atoms with Crippen LogP contribution >= 0.6 is 0 Å². The summed E-state index contributed by atoms with van der Waals surface area (Å²) in [6, 6.07) is 4.97. The first-order valence-corrected chi connectivity index (χ1v) is 5.00. The Kier molecular flexibility index (Phi) is 2.62. The molecule has 74 valence electrons. The molecule has 2 heteroatoms. The Bertz CT molecular complexity index is 346. The van der Waals surface area contributed by atoms with Gasteiger partial charge in [0, 0.05) is 6.42 Å². The standard InChI is InChI=1S/C12H13FO/c13-12-4-3-10-7-9(5-6-14)1-2-11(10)8-12/h3-4,6,8-9H,1-2,5,7H2. The molecule has 1 aromatic rings. The third kappa shape index (κ3) is 1.84. The van der Waals surface area contributed by atoms with Gasteiger partial charge in [0.2, 0.25) is 0 Å². The van der Waals surface area contributed by atoms with Crippen molar-refractivity contribution in [3.8, 4) is 0 Å². The molecule has 0 spiro atoms.